The van der Waals surface area contributed by atoms with Gasteiger partial charge in [0.15, 0.2) is 0 Å². The Kier molecular flexibility index (Phi) is 3.31. The Morgan fingerprint density at radius 3 is 2.93 bits per heavy atom. The molecule has 6 heteroatoms. The number of nitrogen functional groups attached to an aromatic ring is 1. The van der Waals surface area contributed by atoms with E-state index in [1.54, 1.807) is 6.07 Å². The molecule has 0 fully saturated rings. The summed E-state index contributed by atoms with van der Waals surface area (Å²) in [5.41, 5.74) is 5.42. The molecule has 72 valence electrons. The predicted octanol–water partition coefficient (Wildman–Crippen LogP) is 1.79. The van der Waals surface area contributed by atoms with Crippen LogP contribution in [-0.4, -0.2) is 10.7 Å². The molecule has 0 heterocycles. The number of nitrogens with two attached hydrogens (primary N) is 1. The molecule has 0 unspecified atom stereocenters. The van der Waals surface area contributed by atoms with E-state index in [2.05, 4.69) is 0 Å². The quantitative estimate of drug-likeness (QED) is 0.354. The van der Waals surface area contributed by atoms with Gasteiger partial charge in [-0.05, 0) is 12.1 Å². The van der Waals surface area contributed by atoms with Crippen LogP contribution in [0.2, 0.25) is 0 Å². The molecule has 1 aromatic rings. The summed E-state index contributed by atoms with van der Waals surface area (Å²) in [6, 6.07) is 6.44. The molecule has 14 heavy (non-hydrogen) atoms. The summed E-state index contributed by atoms with van der Waals surface area (Å²) >= 11 is 1.24. The molecule has 5 nitrogen and oxygen atoms in total. The van der Waals surface area contributed by atoms with Crippen LogP contribution in [0, 0.1) is 21.4 Å². The minimum atomic E-state index is -0.536. The van der Waals surface area contributed by atoms with Crippen LogP contribution in [-0.2, 0) is 0 Å². The Labute approximate surface area is 84.7 Å². The molecule has 0 bridgehead atoms. The molecule has 0 aliphatic carbocycles. The number of nitriles is 1. The van der Waals surface area contributed by atoms with E-state index in [1.807, 2.05) is 6.07 Å². The van der Waals surface area contributed by atoms with Crippen LogP contribution in [0.25, 0.3) is 0 Å². The highest BCUT2D eigenvalue weighted by Gasteiger charge is 2.11. The molecule has 0 aliphatic rings. The van der Waals surface area contributed by atoms with Gasteiger partial charge >= 0.3 is 0 Å². The van der Waals surface area contributed by atoms with Gasteiger partial charge in [-0.2, -0.15) is 5.26 Å². The number of nitro groups is 1. The first-order valence-corrected chi connectivity index (χ1v) is 4.67. The third-order valence-electron chi connectivity index (χ3n) is 1.50. The van der Waals surface area contributed by atoms with Crippen molar-refractivity contribution >= 4 is 23.1 Å². The Balaban J connectivity index is 2.96. The molecule has 0 saturated heterocycles. The van der Waals surface area contributed by atoms with E-state index in [9.17, 15) is 10.1 Å². The zero-order valence-corrected chi connectivity index (χ0v) is 7.95. The summed E-state index contributed by atoms with van der Waals surface area (Å²) in [7, 11) is 0. The second-order valence-corrected chi connectivity index (χ2v) is 3.47. The van der Waals surface area contributed by atoms with Crippen LogP contribution >= 0.6 is 11.8 Å². The van der Waals surface area contributed by atoms with E-state index in [0.29, 0.717) is 4.90 Å². The third-order valence-corrected chi connectivity index (χ3v) is 2.36. The van der Waals surface area contributed by atoms with Gasteiger partial charge in [0.1, 0.15) is 5.69 Å². The minimum absolute atomic E-state index is 0.118. The van der Waals surface area contributed by atoms with Crippen molar-refractivity contribution in [2.24, 2.45) is 0 Å². The normalized spacial score (nSPS) is 9.36. The standard InChI is InChI=1S/C8H7N3O2S/c9-3-4-14-6-1-2-7(10)8(5-6)11(12)13/h1-2,5H,4,10H2. The molecular formula is C8H7N3O2S. The third kappa shape index (κ3) is 2.37. The lowest BCUT2D eigenvalue weighted by Gasteiger charge is -1.99. The number of hydrogen-bond donors (Lipinski definition) is 1. The summed E-state index contributed by atoms with van der Waals surface area (Å²) in [6.07, 6.45) is 0. The van der Waals surface area contributed by atoms with Crippen molar-refractivity contribution in [3.63, 3.8) is 0 Å². The maximum Gasteiger partial charge on any atom is 0.293 e. The second kappa shape index (κ2) is 4.48. The molecule has 0 atom stereocenters. The largest absolute Gasteiger partial charge is 0.393 e. The van der Waals surface area contributed by atoms with E-state index in [-0.39, 0.29) is 17.1 Å². The Hall–Kier alpha value is -1.74. The van der Waals surface area contributed by atoms with E-state index >= 15 is 0 Å². The summed E-state index contributed by atoms with van der Waals surface area (Å²) in [4.78, 5) is 10.6. The van der Waals surface area contributed by atoms with E-state index in [0.717, 1.165) is 0 Å². The number of benzene rings is 1. The van der Waals surface area contributed by atoms with Gasteiger partial charge in [0.05, 0.1) is 16.7 Å². The Bertz CT molecular complexity index is 400. The summed E-state index contributed by atoms with van der Waals surface area (Å²) in [5.74, 6) is 0.265. The first kappa shape index (κ1) is 10.3. The average Bonchev–Trinajstić information content (AvgIpc) is 2.16. The topological polar surface area (TPSA) is 93.0 Å². The van der Waals surface area contributed by atoms with Crippen LogP contribution < -0.4 is 5.73 Å². The lowest BCUT2D eigenvalue weighted by atomic mass is 10.3. The molecule has 0 spiro atoms. The van der Waals surface area contributed by atoms with Crippen molar-refractivity contribution in [1.29, 1.82) is 5.26 Å². The number of rotatable bonds is 3. The van der Waals surface area contributed by atoms with Gasteiger partial charge in [-0.15, -0.1) is 11.8 Å². The summed E-state index contributed by atoms with van der Waals surface area (Å²) in [5, 5.41) is 18.8. The van der Waals surface area contributed by atoms with Crippen LogP contribution in [0.15, 0.2) is 23.1 Å². The Morgan fingerprint density at radius 2 is 2.36 bits per heavy atom. The number of hydrogen-bond acceptors (Lipinski definition) is 5. The van der Waals surface area contributed by atoms with Crippen molar-refractivity contribution in [2.45, 2.75) is 4.90 Å². The monoisotopic (exact) mass is 209 g/mol. The van der Waals surface area contributed by atoms with Crippen molar-refractivity contribution < 1.29 is 4.92 Å². The molecule has 1 rings (SSSR count). The van der Waals surface area contributed by atoms with Gasteiger partial charge < -0.3 is 5.73 Å². The van der Waals surface area contributed by atoms with E-state index < -0.39 is 4.92 Å². The summed E-state index contributed by atoms with van der Waals surface area (Å²) < 4.78 is 0. The first-order chi connectivity index (χ1) is 6.65. The van der Waals surface area contributed by atoms with Gasteiger partial charge in [0, 0.05) is 11.0 Å². The van der Waals surface area contributed by atoms with E-state index in [1.165, 1.54) is 23.9 Å². The fourth-order valence-electron chi connectivity index (χ4n) is 0.887. The maximum atomic E-state index is 10.5. The van der Waals surface area contributed by atoms with Gasteiger partial charge in [0.25, 0.3) is 5.69 Å². The number of anilines is 1. The van der Waals surface area contributed by atoms with Crippen LogP contribution in [0.5, 0.6) is 0 Å². The van der Waals surface area contributed by atoms with Crippen molar-refractivity contribution in [2.75, 3.05) is 11.5 Å². The fourth-order valence-corrected chi connectivity index (χ4v) is 1.48. The zero-order valence-electron chi connectivity index (χ0n) is 7.14. The lowest BCUT2D eigenvalue weighted by Crippen LogP contribution is -1.95. The molecule has 2 N–H and O–H groups in total. The number of nitrogens with zero attached hydrogens (tertiary/aromatic N) is 2. The SMILES string of the molecule is N#CCSc1ccc(N)c([N+](=O)[O-])c1. The van der Waals surface area contributed by atoms with Gasteiger partial charge in [0.2, 0.25) is 0 Å². The smallest absolute Gasteiger partial charge is 0.293 e. The van der Waals surface area contributed by atoms with Crippen LogP contribution in [0.3, 0.4) is 0 Å². The highest BCUT2D eigenvalue weighted by Crippen LogP contribution is 2.27. The summed E-state index contributed by atoms with van der Waals surface area (Å²) in [6.45, 7) is 0. The predicted molar refractivity (Wildman–Crippen MR) is 53.8 cm³/mol. The van der Waals surface area contributed by atoms with Crippen molar-refractivity contribution in [3.05, 3.63) is 28.3 Å². The highest BCUT2D eigenvalue weighted by atomic mass is 32.2. The maximum absolute atomic E-state index is 10.5. The van der Waals surface area contributed by atoms with Gasteiger partial charge in [-0.3, -0.25) is 10.1 Å². The van der Waals surface area contributed by atoms with Crippen molar-refractivity contribution in [3.8, 4) is 6.07 Å². The van der Waals surface area contributed by atoms with Crippen LogP contribution in [0.4, 0.5) is 11.4 Å². The molecule has 0 saturated carbocycles. The first-order valence-electron chi connectivity index (χ1n) is 3.69. The zero-order chi connectivity index (χ0) is 10.6. The molecule has 0 radical (unpaired) electrons. The van der Waals surface area contributed by atoms with Gasteiger partial charge in [-0.25, -0.2) is 0 Å². The van der Waals surface area contributed by atoms with Crippen molar-refractivity contribution in [1.82, 2.24) is 0 Å². The molecule has 0 aliphatic heterocycles. The lowest BCUT2D eigenvalue weighted by molar-refractivity contribution is -0.384. The molecular weight excluding hydrogens is 202 g/mol. The number of nitro benzene ring substituents is 1. The highest BCUT2D eigenvalue weighted by molar-refractivity contribution is 7.99. The fraction of sp³-hybridized carbons (Fsp3) is 0.125. The molecule has 1 aromatic carbocycles. The second-order valence-electron chi connectivity index (χ2n) is 2.42. The minimum Gasteiger partial charge on any atom is -0.393 e. The van der Waals surface area contributed by atoms with Crippen LogP contribution in [0.1, 0.15) is 0 Å². The average molecular weight is 209 g/mol. The Morgan fingerprint density at radius 1 is 1.64 bits per heavy atom. The van der Waals surface area contributed by atoms with Gasteiger partial charge in [-0.1, -0.05) is 0 Å². The molecule has 0 amide bonds. The van der Waals surface area contributed by atoms with E-state index in [4.69, 9.17) is 11.0 Å². The molecule has 0 aromatic heterocycles. The number of thioether (sulfide) groups is 1.